The van der Waals surface area contributed by atoms with Crippen LogP contribution in [0.4, 0.5) is 5.69 Å². The lowest BCUT2D eigenvalue weighted by Gasteiger charge is -2.17. The number of hydrogen-bond acceptors (Lipinski definition) is 5. The summed E-state index contributed by atoms with van der Waals surface area (Å²) in [6.07, 6.45) is 2.67. The second kappa shape index (κ2) is 9.56. The Morgan fingerprint density at radius 1 is 1.21 bits per heavy atom. The molecule has 0 fully saturated rings. The van der Waals surface area contributed by atoms with Crippen LogP contribution in [0.2, 0.25) is 0 Å². The summed E-state index contributed by atoms with van der Waals surface area (Å²) in [4.78, 5) is 32.1. The van der Waals surface area contributed by atoms with Crippen LogP contribution in [0.25, 0.3) is 0 Å². The number of amides is 2. The van der Waals surface area contributed by atoms with E-state index in [9.17, 15) is 9.59 Å². The van der Waals surface area contributed by atoms with Gasteiger partial charge in [-0.2, -0.15) is 0 Å². The summed E-state index contributed by atoms with van der Waals surface area (Å²) in [6.45, 7) is 4.36. The monoisotopic (exact) mass is 399 g/mol. The van der Waals surface area contributed by atoms with Gasteiger partial charge in [-0.05, 0) is 52.4 Å². The standard InChI is InChI=1S/C21H29N5O3/c1-4-29-17-11-6-5-9-15(17)23-20(27)18-16-10-7-8-13-26(16)19(24-18)21(28)22-12-14-25(2)3/h5-6,9,11H,4,7-8,10,12-14H2,1-3H3,(H,22,28)(H,23,27). The lowest BCUT2D eigenvalue weighted by Crippen LogP contribution is -2.33. The molecule has 156 valence electrons. The van der Waals surface area contributed by atoms with Crippen molar-refractivity contribution in [2.24, 2.45) is 0 Å². The lowest BCUT2D eigenvalue weighted by molar-refractivity contribution is 0.0935. The van der Waals surface area contributed by atoms with E-state index in [1.807, 2.05) is 48.7 Å². The van der Waals surface area contributed by atoms with Crippen LogP contribution in [0.1, 0.15) is 46.6 Å². The molecule has 0 bridgehead atoms. The highest BCUT2D eigenvalue weighted by Crippen LogP contribution is 2.26. The number of aromatic nitrogens is 2. The summed E-state index contributed by atoms with van der Waals surface area (Å²) in [6, 6.07) is 7.30. The zero-order valence-electron chi connectivity index (χ0n) is 17.3. The molecule has 1 aromatic heterocycles. The number of benzene rings is 1. The molecule has 1 aliphatic heterocycles. The summed E-state index contributed by atoms with van der Waals surface area (Å²) in [5, 5.41) is 5.79. The maximum absolute atomic E-state index is 13.0. The maximum atomic E-state index is 13.0. The number of rotatable bonds is 8. The number of nitrogens with one attached hydrogen (secondary N) is 2. The Kier molecular flexibility index (Phi) is 6.87. The van der Waals surface area contributed by atoms with Crippen molar-refractivity contribution >= 4 is 17.5 Å². The maximum Gasteiger partial charge on any atom is 0.287 e. The molecule has 1 aromatic carbocycles. The van der Waals surface area contributed by atoms with E-state index in [4.69, 9.17) is 4.74 Å². The highest BCUT2D eigenvalue weighted by atomic mass is 16.5. The van der Waals surface area contributed by atoms with Gasteiger partial charge in [-0.25, -0.2) is 4.98 Å². The highest BCUT2D eigenvalue weighted by molar-refractivity contribution is 6.05. The minimum absolute atomic E-state index is 0.247. The Morgan fingerprint density at radius 2 is 2.00 bits per heavy atom. The number of hydrogen-bond donors (Lipinski definition) is 2. The van der Waals surface area contributed by atoms with E-state index in [0.717, 1.165) is 31.5 Å². The van der Waals surface area contributed by atoms with Gasteiger partial charge in [0.1, 0.15) is 5.75 Å². The van der Waals surface area contributed by atoms with E-state index >= 15 is 0 Å². The minimum Gasteiger partial charge on any atom is -0.492 e. The van der Waals surface area contributed by atoms with Gasteiger partial charge in [-0.3, -0.25) is 9.59 Å². The van der Waals surface area contributed by atoms with Gasteiger partial charge in [-0.1, -0.05) is 12.1 Å². The average Bonchev–Trinajstić information content (AvgIpc) is 3.09. The van der Waals surface area contributed by atoms with Gasteiger partial charge in [0.2, 0.25) is 0 Å². The van der Waals surface area contributed by atoms with E-state index in [2.05, 4.69) is 15.6 Å². The van der Waals surface area contributed by atoms with Gasteiger partial charge in [0.05, 0.1) is 18.0 Å². The number of anilines is 1. The largest absolute Gasteiger partial charge is 0.492 e. The smallest absolute Gasteiger partial charge is 0.287 e. The molecule has 8 nitrogen and oxygen atoms in total. The number of fused-ring (bicyclic) bond motifs is 1. The van der Waals surface area contributed by atoms with Crippen molar-refractivity contribution in [3.05, 3.63) is 41.5 Å². The third-order valence-electron chi connectivity index (χ3n) is 4.82. The van der Waals surface area contributed by atoms with Crippen molar-refractivity contribution in [2.45, 2.75) is 32.7 Å². The molecule has 1 aliphatic rings. The molecule has 2 N–H and O–H groups in total. The van der Waals surface area contributed by atoms with E-state index in [1.165, 1.54) is 0 Å². The van der Waals surface area contributed by atoms with Crippen LogP contribution >= 0.6 is 0 Å². The van der Waals surface area contributed by atoms with E-state index in [0.29, 0.717) is 42.7 Å². The lowest BCUT2D eigenvalue weighted by atomic mass is 10.1. The summed E-state index contributed by atoms with van der Waals surface area (Å²) < 4.78 is 7.47. The molecule has 2 aromatic rings. The first-order valence-corrected chi connectivity index (χ1v) is 10.1. The van der Waals surface area contributed by atoms with Crippen molar-refractivity contribution in [1.82, 2.24) is 19.8 Å². The summed E-state index contributed by atoms with van der Waals surface area (Å²) >= 11 is 0. The third kappa shape index (κ3) is 4.95. The normalized spacial score (nSPS) is 13.1. The predicted molar refractivity (Wildman–Crippen MR) is 112 cm³/mol. The minimum atomic E-state index is -0.324. The Morgan fingerprint density at radius 3 is 2.76 bits per heavy atom. The molecule has 0 aliphatic carbocycles. The van der Waals surface area contributed by atoms with Gasteiger partial charge >= 0.3 is 0 Å². The molecule has 0 saturated carbocycles. The molecule has 0 spiro atoms. The van der Waals surface area contributed by atoms with Crippen LogP contribution in [-0.4, -0.2) is 60.1 Å². The zero-order chi connectivity index (χ0) is 20.8. The molecule has 29 heavy (non-hydrogen) atoms. The van der Waals surface area contributed by atoms with Gasteiger partial charge in [0, 0.05) is 19.6 Å². The molecule has 0 radical (unpaired) electrons. The molecule has 2 amide bonds. The SMILES string of the molecule is CCOc1ccccc1NC(=O)c1nc(C(=O)NCCN(C)C)n2c1CCCC2. The Balaban J connectivity index is 1.83. The summed E-state index contributed by atoms with van der Waals surface area (Å²) in [5.74, 6) is 0.346. The molecular weight excluding hydrogens is 370 g/mol. The van der Waals surface area contributed by atoms with Crippen molar-refractivity contribution < 1.29 is 14.3 Å². The van der Waals surface area contributed by atoms with Crippen molar-refractivity contribution in [2.75, 3.05) is 39.1 Å². The van der Waals surface area contributed by atoms with E-state index in [-0.39, 0.29) is 11.8 Å². The van der Waals surface area contributed by atoms with Gasteiger partial charge in [0.15, 0.2) is 11.5 Å². The van der Waals surface area contributed by atoms with Crippen LogP contribution < -0.4 is 15.4 Å². The van der Waals surface area contributed by atoms with Crippen LogP contribution in [0.3, 0.4) is 0 Å². The Bertz CT molecular complexity index is 875. The number of para-hydroxylation sites is 2. The molecule has 0 saturated heterocycles. The van der Waals surface area contributed by atoms with Gasteiger partial charge in [-0.15, -0.1) is 0 Å². The molecule has 0 unspecified atom stereocenters. The molecule has 0 atom stereocenters. The Hall–Kier alpha value is -2.87. The van der Waals surface area contributed by atoms with Crippen molar-refractivity contribution in [3.63, 3.8) is 0 Å². The quantitative estimate of drug-likeness (QED) is 0.710. The average molecular weight is 399 g/mol. The van der Waals surface area contributed by atoms with Gasteiger partial charge < -0.3 is 24.8 Å². The fourth-order valence-electron chi connectivity index (χ4n) is 3.40. The van der Waals surface area contributed by atoms with E-state index < -0.39 is 0 Å². The molecule has 3 rings (SSSR count). The summed E-state index contributed by atoms with van der Waals surface area (Å²) in [7, 11) is 3.90. The number of carbonyl (C=O) groups is 2. The summed E-state index contributed by atoms with van der Waals surface area (Å²) in [5.41, 5.74) is 1.73. The first kappa shape index (κ1) is 20.9. The first-order chi connectivity index (χ1) is 14.0. The molecular formula is C21H29N5O3. The van der Waals surface area contributed by atoms with Gasteiger partial charge in [0.25, 0.3) is 11.8 Å². The second-order valence-corrected chi connectivity index (χ2v) is 7.28. The number of likely N-dealkylation sites (N-methyl/N-ethyl adjacent to an activating group) is 1. The van der Waals surface area contributed by atoms with Crippen LogP contribution in [0, 0.1) is 0 Å². The molecule has 2 heterocycles. The number of imidazole rings is 1. The molecule has 8 heteroatoms. The fourth-order valence-corrected chi connectivity index (χ4v) is 3.40. The highest BCUT2D eigenvalue weighted by Gasteiger charge is 2.27. The van der Waals surface area contributed by atoms with Crippen LogP contribution in [-0.2, 0) is 13.0 Å². The number of carbonyl (C=O) groups excluding carboxylic acids is 2. The van der Waals surface area contributed by atoms with Crippen molar-refractivity contribution in [1.29, 1.82) is 0 Å². The van der Waals surface area contributed by atoms with Crippen molar-refractivity contribution in [3.8, 4) is 5.75 Å². The topological polar surface area (TPSA) is 88.5 Å². The Labute approximate surface area is 171 Å². The fraction of sp³-hybridized carbons (Fsp3) is 0.476. The van der Waals surface area contributed by atoms with Crippen LogP contribution in [0.5, 0.6) is 5.75 Å². The van der Waals surface area contributed by atoms with Crippen LogP contribution in [0.15, 0.2) is 24.3 Å². The number of nitrogens with zero attached hydrogens (tertiary/aromatic N) is 3. The predicted octanol–water partition coefficient (Wildman–Crippen LogP) is 2.16. The van der Waals surface area contributed by atoms with E-state index in [1.54, 1.807) is 6.07 Å². The number of ether oxygens (including phenoxy) is 1. The zero-order valence-corrected chi connectivity index (χ0v) is 17.3. The third-order valence-corrected chi connectivity index (χ3v) is 4.82. The first-order valence-electron chi connectivity index (χ1n) is 10.1. The second-order valence-electron chi connectivity index (χ2n) is 7.28.